The van der Waals surface area contributed by atoms with Crippen molar-refractivity contribution >= 4 is 11.6 Å². The fourth-order valence-electron chi connectivity index (χ4n) is 2.41. The zero-order valence-electron chi connectivity index (χ0n) is 14.6. The summed E-state index contributed by atoms with van der Waals surface area (Å²) in [7, 11) is 0. The second kappa shape index (κ2) is 7.18. The normalized spacial score (nSPS) is 11.4. The quantitative estimate of drug-likeness (QED) is 0.756. The molecule has 0 bridgehead atoms. The Morgan fingerprint density at radius 2 is 1.89 bits per heavy atom. The SMILES string of the molecule is Cc1ccc(NC(=O)Cn2nnc(-c3cccc(C(F)(F)F)c3)n2)cc1C. The molecule has 1 N–H and O–H groups in total. The van der Waals surface area contributed by atoms with E-state index in [1.807, 2.05) is 26.0 Å². The molecule has 2 aromatic carbocycles. The highest BCUT2D eigenvalue weighted by molar-refractivity contribution is 5.90. The molecule has 0 unspecified atom stereocenters. The fraction of sp³-hybridized carbons (Fsp3) is 0.222. The molecule has 0 saturated carbocycles. The summed E-state index contributed by atoms with van der Waals surface area (Å²) in [5.41, 5.74) is 2.16. The number of rotatable bonds is 4. The number of benzene rings is 2. The van der Waals surface area contributed by atoms with Gasteiger partial charge in [-0.15, -0.1) is 10.2 Å². The zero-order chi connectivity index (χ0) is 19.6. The summed E-state index contributed by atoms with van der Waals surface area (Å²) < 4.78 is 38.4. The first kappa shape index (κ1) is 18.6. The maximum atomic E-state index is 12.8. The van der Waals surface area contributed by atoms with Crippen molar-refractivity contribution in [2.75, 3.05) is 5.32 Å². The lowest BCUT2D eigenvalue weighted by Crippen LogP contribution is -2.20. The number of aromatic nitrogens is 4. The standard InChI is InChI=1S/C18H16F3N5O/c1-11-6-7-15(8-12(11)2)22-16(27)10-26-24-17(23-25-26)13-4-3-5-14(9-13)18(19,20)21/h3-9H,10H2,1-2H3,(H,22,27). The number of carbonyl (C=O) groups excluding carboxylic acids is 1. The monoisotopic (exact) mass is 375 g/mol. The molecule has 3 rings (SSSR count). The van der Waals surface area contributed by atoms with Crippen molar-refractivity contribution in [3.8, 4) is 11.4 Å². The van der Waals surface area contributed by atoms with Crippen molar-refractivity contribution < 1.29 is 18.0 Å². The van der Waals surface area contributed by atoms with Gasteiger partial charge in [-0.3, -0.25) is 4.79 Å². The Hall–Kier alpha value is -3.23. The van der Waals surface area contributed by atoms with Crippen LogP contribution < -0.4 is 5.32 Å². The molecule has 3 aromatic rings. The van der Waals surface area contributed by atoms with Crippen molar-refractivity contribution in [1.29, 1.82) is 0 Å². The minimum Gasteiger partial charge on any atom is -0.324 e. The first-order valence-corrected chi connectivity index (χ1v) is 8.05. The third-order valence-corrected chi connectivity index (χ3v) is 3.98. The number of aryl methyl sites for hydroxylation is 2. The molecular weight excluding hydrogens is 359 g/mol. The van der Waals surface area contributed by atoms with Gasteiger partial charge in [-0.25, -0.2) is 0 Å². The molecule has 0 aliphatic carbocycles. The van der Waals surface area contributed by atoms with Crippen molar-refractivity contribution in [3.05, 3.63) is 59.2 Å². The van der Waals surface area contributed by atoms with Crippen LogP contribution in [0.3, 0.4) is 0 Å². The largest absolute Gasteiger partial charge is 0.416 e. The van der Waals surface area contributed by atoms with Gasteiger partial charge in [0.1, 0.15) is 6.54 Å². The first-order valence-electron chi connectivity index (χ1n) is 8.05. The molecule has 0 fully saturated rings. The number of nitrogens with one attached hydrogen (secondary N) is 1. The molecule has 6 nitrogen and oxygen atoms in total. The number of alkyl halides is 3. The molecular formula is C18H16F3N5O. The van der Waals surface area contributed by atoms with E-state index >= 15 is 0 Å². The van der Waals surface area contributed by atoms with Gasteiger partial charge in [0.2, 0.25) is 11.7 Å². The summed E-state index contributed by atoms with van der Waals surface area (Å²) in [6.07, 6.45) is -4.46. The van der Waals surface area contributed by atoms with Gasteiger partial charge < -0.3 is 5.32 Å². The third-order valence-electron chi connectivity index (χ3n) is 3.98. The highest BCUT2D eigenvalue weighted by Crippen LogP contribution is 2.31. The van der Waals surface area contributed by atoms with E-state index in [1.54, 1.807) is 6.07 Å². The average molecular weight is 375 g/mol. The lowest BCUT2D eigenvalue weighted by Gasteiger charge is -2.07. The molecule has 9 heteroatoms. The van der Waals surface area contributed by atoms with E-state index < -0.39 is 11.7 Å². The van der Waals surface area contributed by atoms with Gasteiger partial charge in [0.15, 0.2) is 0 Å². The Morgan fingerprint density at radius 3 is 2.59 bits per heavy atom. The second-order valence-electron chi connectivity index (χ2n) is 6.07. The van der Waals surface area contributed by atoms with Crippen molar-refractivity contribution in [2.24, 2.45) is 0 Å². The van der Waals surface area contributed by atoms with Crippen LogP contribution in [0.4, 0.5) is 18.9 Å². The molecule has 0 spiro atoms. The van der Waals surface area contributed by atoms with Crippen LogP contribution in [0.15, 0.2) is 42.5 Å². The van der Waals surface area contributed by atoms with E-state index in [1.165, 1.54) is 12.1 Å². The summed E-state index contributed by atoms with van der Waals surface area (Å²) >= 11 is 0. The first-order chi connectivity index (χ1) is 12.7. The van der Waals surface area contributed by atoms with Gasteiger partial charge in [-0.2, -0.15) is 18.0 Å². The van der Waals surface area contributed by atoms with Crippen LogP contribution in [-0.2, 0) is 17.5 Å². The third kappa shape index (κ3) is 4.49. The molecule has 0 saturated heterocycles. The Labute approximate surface area is 153 Å². The number of halogens is 3. The summed E-state index contributed by atoms with van der Waals surface area (Å²) in [5, 5.41) is 14.2. The van der Waals surface area contributed by atoms with Crippen LogP contribution >= 0.6 is 0 Å². The molecule has 1 aromatic heterocycles. The van der Waals surface area contributed by atoms with Gasteiger partial charge in [-0.1, -0.05) is 18.2 Å². The molecule has 0 atom stereocenters. The highest BCUT2D eigenvalue weighted by atomic mass is 19.4. The number of carbonyl (C=O) groups is 1. The fourth-order valence-corrected chi connectivity index (χ4v) is 2.41. The lowest BCUT2D eigenvalue weighted by atomic mass is 10.1. The summed E-state index contributed by atoms with van der Waals surface area (Å²) in [6.45, 7) is 3.69. The molecule has 1 amide bonds. The lowest BCUT2D eigenvalue weighted by molar-refractivity contribution is -0.137. The van der Waals surface area contributed by atoms with Gasteiger partial charge in [0.05, 0.1) is 5.56 Å². The van der Waals surface area contributed by atoms with Crippen LogP contribution in [0, 0.1) is 13.8 Å². The molecule has 1 heterocycles. The van der Waals surface area contributed by atoms with E-state index in [-0.39, 0.29) is 23.8 Å². The number of amides is 1. The van der Waals surface area contributed by atoms with Crippen LogP contribution in [0.2, 0.25) is 0 Å². The predicted molar refractivity (Wildman–Crippen MR) is 92.8 cm³/mol. The predicted octanol–water partition coefficient (Wildman–Crippen LogP) is 3.61. The summed E-state index contributed by atoms with van der Waals surface area (Å²) in [5.74, 6) is -0.355. The van der Waals surface area contributed by atoms with E-state index in [0.29, 0.717) is 5.69 Å². The van der Waals surface area contributed by atoms with Crippen molar-refractivity contribution in [3.63, 3.8) is 0 Å². The van der Waals surface area contributed by atoms with E-state index in [0.717, 1.165) is 28.1 Å². The number of tetrazole rings is 1. The topological polar surface area (TPSA) is 72.7 Å². The van der Waals surface area contributed by atoms with Crippen molar-refractivity contribution in [2.45, 2.75) is 26.6 Å². The van der Waals surface area contributed by atoms with E-state index in [9.17, 15) is 18.0 Å². The maximum Gasteiger partial charge on any atom is 0.416 e. The Morgan fingerprint density at radius 1 is 1.11 bits per heavy atom. The van der Waals surface area contributed by atoms with Crippen LogP contribution in [-0.4, -0.2) is 26.1 Å². The summed E-state index contributed by atoms with van der Waals surface area (Å²) in [4.78, 5) is 13.2. The van der Waals surface area contributed by atoms with Crippen LogP contribution in [0.1, 0.15) is 16.7 Å². The van der Waals surface area contributed by atoms with Crippen LogP contribution in [0.5, 0.6) is 0 Å². The van der Waals surface area contributed by atoms with Gasteiger partial charge >= 0.3 is 6.18 Å². The summed E-state index contributed by atoms with van der Waals surface area (Å²) in [6, 6.07) is 10.1. The minimum absolute atomic E-state index is 0.0140. The van der Waals surface area contributed by atoms with Crippen molar-refractivity contribution in [1.82, 2.24) is 20.2 Å². The average Bonchev–Trinajstić information content (AvgIpc) is 3.06. The Kier molecular flexibility index (Phi) is 4.93. The molecule has 0 radical (unpaired) electrons. The van der Waals surface area contributed by atoms with E-state index in [4.69, 9.17) is 0 Å². The minimum atomic E-state index is -4.46. The smallest absolute Gasteiger partial charge is 0.324 e. The number of anilines is 1. The zero-order valence-corrected chi connectivity index (χ0v) is 14.6. The van der Waals surface area contributed by atoms with E-state index in [2.05, 4.69) is 20.7 Å². The molecule has 140 valence electrons. The highest BCUT2D eigenvalue weighted by Gasteiger charge is 2.30. The number of hydrogen-bond donors (Lipinski definition) is 1. The Bertz CT molecular complexity index is 981. The number of hydrogen-bond acceptors (Lipinski definition) is 4. The van der Waals surface area contributed by atoms with Gasteiger partial charge in [-0.05, 0) is 54.5 Å². The maximum absolute atomic E-state index is 12.8. The molecule has 0 aliphatic heterocycles. The second-order valence-corrected chi connectivity index (χ2v) is 6.07. The Balaban J connectivity index is 1.70. The van der Waals surface area contributed by atoms with Gasteiger partial charge in [0.25, 0.3) is 0 Å². The molecule has 27 heavy (non-hydrogen) atoms. The number of nitrogens with zero attached hydrogens (tertiary/aromatic N) is 4. The van der Waals surface area contributed by atoms with Crippen LogP contribution in [0.25, 0.3) is 11.4 Å². The molecule has 0 aliphatic rings. The van der Waals surface area contributed by atoms with Gasteiger partial charge in [0, 0.05) is 11.3 Å².